The predicted octanol–water partition coefficient (Wildman–Crippen LogP) is 5.28. The molecule has 2 fully saturated rings. The zero-order chi connectivity index (χ0) is 24.8. The number of aromatic nitrogens is 1. The summed E-state index contributed by atoms with van der Waals surface area (Å²) >= 11 is 0. The van der Waals surface area contributed by atoms with E-state index in [-0.39, 0.29) is 50.7 Å². The van der Waals surface area contributed by atoms with Crippen molar-refractivity contribution in [3.8, 4) is 23.3 Å². The van der Waals surface area contributed by atoms with E-state index in [0.717, 1.165) is 11.3 Å². The number of ether oxygens (including phenoxy) is 2. The van der Waals surface area contributed by atoms with Gasteiger partial charge in [0.2, 0.25) is 5.91 Å². The van der Waals surface area contributed by atoms with Crippen molar-refractivity contribution in [3.63, 3.8) is 0 Å². The number of fused-ring (bicyclic) bond motifs is 3. The van der Waals surface area contributed by atoms with Crippen LogP contribution in [0.3, 0.4) is 0 Å². The van der Waals surface area contributed by atoms with E-state index in [1.165, 1.54) is 0 Å². The van der Waals surface area contributed by atoms with Crippen LogP contribution in [0.2, 0.25) is 0 Å². The molecule has 0 spiro atoms. The summed E-state index contributed by atoms with van der Waals surface area (Å²) < 4.78 is 52.5. The monoisotopic (exact) mass is 484 g/mol. The molecule has 0 unspecified atom stereocenters. The molecule has 1 aliphatic heterocycles. The molecule has 3 aliphatic rings. The maximum absolute atomic E-state index is 13.8. The second-order valence-electron chi connectivity index (χ2n) is 9.84. The molecule has 1 amide bonds. The standard InChI is InChI=1S/C27H27F3N2O3/c1-18-22-16-31-15-20(6-3-19-4-7-21(34-2)8-5-19)23(22)35-14-13-32(18)24(33)25-9-11-26(17-25,12-10-25)27(28,29)30/h4-5,7-8,15-16,18H,9-14,17H2,1-2H3/t18-,25?,26?/m0/s1. The van der Waals surface area contributed by atoms with Gasteiger partial charge in [0.25, 0.3) is 0 Å². The summed E-state index contributed by atoms with van der Waals surface area (Å²) in [6, 6.07) is 6.98. The lowest BCUT2D eigenvalue weighted by Gasteiger charge is -2.35. The van der Waals surface area contributed by atoms with Gasteiger partial charge in [0.15, 0.2) is 0 Å². The second-order valence-corrected chi connectivity index (χ2v) is 9.84. The normalized spacial score (nSPS) is 27.3. The number of hydrogen-bond donors (Lipinski definition) is 0. The molecular formula is C27H27F3N2O3. The highest BCUT2D eigenvalue weighted by atomic mass is 19.4. The van der Waals surface area contributed by atoms with Crippen molar-refractivity contribution >= 4 is 5.91 Å². The molecule has 0 N–H and O–H groups in total. The van der Waals surface area contributed by atoms with E-state index in [1.54, 1.807) is 24.4 Å². The molecule has 2 bridgehead atoms. The van der Waals surface area contributed by atoms with Gasteiger partial charge in [-0.15, -0.1) is 0 Å². The molecule has 1 aromatic heterocycles. The summed E-state index contributed by atoms with van der Waals surface area (Å²) in [4.78, 5) is 19.7. The Bertz CT molecular complexity index is 1190. The number of alkyl halides is 3. The Balaban J connectivity index is 1.41. The number of halogens is 3. The van der Waals surface area contributed by atoms with Crippen LogP contribution in [0.15, 0.2) is 36.7 Å². The summed E-state index contributed by atoms with van der Waals surface area (Å²) in [6.45, 7) is 2.43. The third-order valence-corrected chi connectivity index (χ3v) is 8.01. The molecule has 184 valence electrons. The highest BCUT2D eigenvalue weighted by Crippen LogP contribution is 2.67. The van der Waals surface area contributed by atoms with Gasteiger partial charge in [-0.2, -0.15) is 13.2 Å². The quantitative estimate of drug-likeness (QED) is 0.544. The highest BCUT2D eigenvalue weighted by molar-refractivity contribution is 5.84. The fraction of sp³-hybridized carbons (Fsp3) is 0.481. The van der Waals surface area contributed by atoms with Gasteiger partial charge in [-0.3, -0.25) is 9.78 Å². The maximum atomic E-state index is 13.8. The van der Waals surface area contributed by atoms with Crippen LogP contribution in [0.4, 0.5) is 13.2 Å². The first-order valence-electron chi connectivity index (χ1n) is 11.8. The highest BCUT2D eigenvalue weighted by Gasteiger charge is 2.68. The van der Waals surface area contributed by atoms with Crippen LogP contribution in [0.25, 0.3) is 0 Å². The van der Waals surface area contributed by atoms with Gasteiger partial charge in [-0.05, 0) is 63.3 Å². The third-order valence-electron chi connectivity index (χ3n) is 8.01. The number of methoxy groups -OCH3 is 1. The van der Waals surface area contributed by atoms with Gasteiger partial charge in [0.1, 0.15) is 18.1 Å². The molecule has 1 aromatic carbocycles. The molecule has 2 saturated carbocycles. The van der Waals surface area contributed by atoms with Gasteiger partial charge < -0.3 is 14.4 Å². The number of pyridine rings is 1. The Hall–Kier alpha value is -3.21. The second kappa shape index (κ2) is 8.47. The van der Waals surface area contributed by atoms with Gasteiger partial charge >= 0.3 is 6.18 Å². The topological polar surface area (TPSA) is 51.7 Å². The zero-order valence-corrected chi connectivity index (χ0v) is 19.7. The first kappa shape index (κ1) is 23.5. The molecule has 2 aliphatic carbocycles. The average molecular weight is 485 g/mol. The van der Waals surface area contributed by atoms with E-state index in [1.807, 2.05) is 31.2 Å². The fourth-order valence-electron chi connectivity index (χ4n) is 5.90. The lowest BCUT2D eigenvalue weighted by Crippen LogP contribution is -2.44. The van der Waals surface area contributed by atoms with Crippen LogP contribution in [-0.4, -0.2) is 42.2 Å². The summed E-state index contributed by atoms with van der Waals surface area (Å²) in [7, 11) is 1.60. The van der Waals surface area contributed by atoms with E-state index in [9.17, 15) is 18.0 Å². The van der Waals surface area contributed by atoms with Gasteiger partial charge in [-0.25, -0.2) is 0 Å². The molecule has 2 heterocycles. The van der Waals surface area contributed by atoms with Gasteiger partial charge in [0.05, 0.1) is 36.1 Å². The number of carbonyl (C=O) groups excluding carboxylic acids is 1. The zero-order valence-electron chi connectivity index (χ0n) is 19.7. The van der Waals surface area contributed by atoms with Crippen molar-refractivity contribution in [2.24, 2.45) is 10.8 Å². The molecule has 2 aromatic rings. The molecule has 0 radical (unpaired) electrons. The molecule has 0 saturated heterocycles. The van der Waals surface area contributed by atoms with Crippen LogP contribution in [0.1, 0.15) is 61.8 Å². The molecule has 35 heavy (non-hydrogen) atoms. The summed E-state index contributed by atoms with van der Waals surface area (Å²) in [6.07, 6.45) is -0.455. The minimum atomic E-state index is -4.27. The van der Waals surface area contributed by atoms with Gasteiger partial charge in [0, 0.05) is 23.5 Å². The van der Waals surface area contributed by atoms with E-state index in [2.05, 4.69) is 16.8 Å². The Morgan fingerprint density at radius 1 is 1.14 bits per heavy atom. The van der Waals surface area contributed by atoms with Crippen LogP contribution >= 0.6 is 0 Å². The number of hydrogen-bond acceptors (Lipinski definition) is 4. The number of nitrogens with zero attached hydrogens (tertiary/aromatic N) is 2. The Morgan fingerprint density at radius 2 is 1.86 bits per heavy atom. The van der Waals surface area contributed by atoms with Crippen LogP contribution in [0.5, 0.6) is 11.5 Å². The lowest BCUT2D eigenvalue weighted by atomic mass is 9.80. The van der Waals surface area contributed by atoms with E-state index < -0.39 is 17.0 Å². The largest absolute Gasteiger partial charge is 0.497 e. The third kappa shape index (κ3) is 3.91. The first-order valence-corrected chi connectivity index (χ1v) is 11.8. The van der Waals surface area contributed by atoms with Crippen molar-refractivity contribution < 1.29 is 27.4 Å². The number of amides is 1. The minimum Gasteiger partial charge on any atom is -0.497 e. The first-order chi connectivity index (χ1) is 16.7. The lowest BCUT2D eigenvalue weighted by molar-refractivity contribution is -0.220. The summed E-state index contributed by atoms with van der Waals surface area (Å²) in [5.74, 6) is 7.34. The fourth-order valence-corrected chi connectivity index (χ4v) is 5.90. The number of rotatable bonds is 2. The molecule has 1 atom stereocenters. The van der Waals surface area contributed by atoms with Crippen LogP contribution in [0, 0.1) is 22.7 Å². The average Bonchev–Trinajstić information content (AvgIpc) is 3.40. The van der Waals surface area contributed by atoms with Gasteiger partial charge in [-0.1, -0.05) is 11.8 Å². The maximum Gasteiger partial charge on any atom is 0.394 e. The van der Waals surface area contributed by atoms with Crippen molar-refractivity contribution in [1.29, 1.82) is 0 Å². The predicted molar refractivity (Wildman–Crippen MR) is 123 cm³/mol. The Labute approximate surface area is 202 Å². The summed E-state index contributed by atoms with van der Waals surface area (Å²) in [5.41, 5.74) is -0.523. The molecular weight excluding hydrogens is 457 g/mol. The number of benzene rings is 1. The van der Waals surface area contributed by atoms with E-state index >= 15 is 0 Å². The smallest absolute Gasteiger partial charge is 0.394 e. The van der Waals surface area contributed by atoms with Crippen molar-refractivity contribution in [2.45, 2.75) is 51.2 Å². The van der Waals surface area contributed by atoms with Crippen molar-refractivity contribution in [3.05, 3.63) is 53.3 Å². The van der Waals surface area contributed by atoms with Crippen molar-refractivity contribution in [1.82, 2.24) is 9.88 Å². The Kier molecular flexibility index (Phi) is 5.70. The number of carbonyl (C=O) groups is 1. The summed E-state index contributed by atoms with van der Waals surface area (Å²) in [5, 5.41) is 0. The minimum absolute atomic E-state index is 0.0319. The molecule has 5 nitrogen and oxygen atoms in total. The SMILES string of the molecule is COc1ccc(C#Cc2cncc3c2OCCN(C(=O)C24CCC(C(F)(F)F)(CC2)C4)[C@H]3C)cc1. The van der Waals surface area contributed by atoms with E-state index in [4.69, 9.17) is 9.47 Å². The molecule has 8 heteroatoms. The van der Waals surface area contributed by atoms with Crippen LogP contribution in [-0.2, 0) is 4.79 Å². The molecule has 5 rings (SSSR count). The van der Waals surface area contributed by atoms with Crippen molar-refractivity contribution in [2.75, 3.05) is 20.3 Å². The Morgan fingerprint density at radius 3 is 2.49 bits per heavy atom. The van der Waals surface area contributed by atoms with E-state index in [0.29, 0.717) is 23.4 Å². The van der Waals surface area contributed by atoms with Crippen LogP contribution < -0.4 is 9.47 Å².